The fourth-order valence-corrected chi connectivity index (χ4v) is 10.2. The van der Waals surface area contributed by atoms with Gasteiger partial charge in [-0.3, -0.25) is 0 Å². The van der Waals surface area contributed by atoms with Gasteiger partial charge in [-0.2, -0.15) is 0 Å². The van der Waals surface area contributed by atoms with Crippen LogP contribution in [-0.2, 0) is 0 Å². The fourth-order valence-electron chi connectivity index (χ4n) is 2.27. The maximum atomic E-state index is 6.43. The Bertz CT molecular complexity index is 400. The van der Waals surface area contributed by atoms with Crippen molar-refractivity contribution in [2.45, 2.75) is 59.2 Å². The molecule has 19 heavy (non-hydrogen) atoms. The first-order chi connectivity index (χ1) is 8.70. The Balaban J connectivity index is 3.52. The Morgan fingerprint density at radius 3 is 1.68 bits per heavy atom. The van der Waals surface area contributed by atoms with Crippen LogP contribution < -0.4 is 3.52 Å². The van der Waals surface area contributed by atoms with Crippen molar-refractivity contribution in [1.29, 1.82) is 0 Å². The Kier molecular flexibility index (Phi) is 6.02. The van der Waals surface area contributed by atoms with Crippen LogP contribution in [0, 0.1) is 0 Å². The molecule has 1 rings (SSSR count). The van der Waals surface area contributed by atoms with Gasteiger partial charge in [-0.15, -0.1) is 0 Å². The van der Waals surface area contributed by atoms with E-state index in [9.17, 15) is 0 Å². The average molecular weight is 357 g/mol. The molecule has 4 heteroatoms. The van der Waals surface area contributed by atoms with Crippen LogP contribution >= 0.6 is 10.0 Å². The zero-order valence-corrected chi connectivity index (χ0v) is 17.1. The Morgan fingerprint density at radius 1 is 1.00 bits per heavy atom. The minimum absolute atomic E-state index is 0.544. The van der Waals surface area contributed by atoms with E-state index in [1.165, 1.54) is 16.8 Å². The number of para-hydroxylation sites is 1. The number of nitrogens with zero attached hydrogens (tertiary/aromatic N) is 1. The van der Waals surface area contributed by atoms with Gasteiger partial charge >= 0.3 is 131 Å². The molecule has 0 aliphatic carbocycles. The van der Waals surface area contributed by atoms with Gasteiger partial charge in [-0.25, -0.2) is 0 Å². The zero-order chi connectivity index (χ0) is 14.8. The second kappa shape index (κ2) is 6.68. The van der Waals surface area contributed by atoms with Crippen LogP contribution in [0.25, 0.3) is 0 Å². The summed E-state index contributed by atoms with van der Waals surface area (Å²) >= 11 is -0.584. The predicted octanol–water partition coefficient (Wildman–Crippen LogP) is 5.35. The molecule has 0 aliphatic heterocycles. The molecule has 0 heterocycles. The van der Waals surface area contributed by atoms with Crippen molar-refractivity contribution in [3.8, 4) is 0 Å². The minimum atomic E-state index is -1.43. The molecule has 0 unspecified atom stereocenters. The van der Waals surface area contributed by atoms with Gasteiger partial charge in [0.15, 0.2) is 0 Å². The topological polar surface area (TPSA) is 3.24 Å². The molecule has 0 fully saturated rings. The molecule has 0 saturated carbocycles. The van der Waals surface area contributed by atoms with Crippen LogP contribution in [0.2, 0.25) is 19.6 Å². The number of hydrogen-bond donors (Lipinski definition) is 0. The van der Waals surface area contributed by atoms with E-state index in [-0.39, 0.29) is 0 Å². The van der Waals surface area contributed by atoms with E-state index in [4.69, 9.17) is 10.0 Å². The van der Waals surface area contributed by atoms with Gasteiger partial charge in [0.25, 0.3) is 0 Å². The molecule has 0 aliphatic rings. The molecule has 0 amide bonds. The van der Waals surface area contributed by atoms with Crippen molar-refractivity contribution in [2.24, 2.45) is 0 Å². The molecule has 0 N–H and O–H groups in total. The molecule has 0 saturated heterocycles. The Morgan fingerprint density at radius 2 is 1.42 bits per heavy atom. The number of rotatable bonds is 5. The predicted molar refractivity (Wildman–Crippen MR) is 92.1 cm³/mol. The summed E-state index contributed by atoms with van der Waals surface area (Å²) in [4.78, 5) is 0. The summed E-state index contributed by atoms with van der Waals surface area (Å²) in [5.74, 6) is 1.09. The van der Waals surface area contributed by atoms with Gasteiger partial charge < -0.3 is 0 Å². The Labute approximate surface area is 130 Å². The fraction of sp³-hybridized carbons (Fsp3) is 0.600. The van der Waals surface area contributed by atoms with Crippen molar-refractivity contribution >= 4 is 38.7 Å². The van der Waals surface area contributed by atoms with Crippen molar-refractivity contribution in [1.82, 2.24) is 0 Å². The third-order valence-electron chi connectivity index (χ3n) is 3.32. The quantitative estimate of drug-likeness (QED) is 0.643. The maximum absolute atomic E-state index is 6.43. The first kappa shape index (κ1) is 17.1. The molecular weight excluding hydrogens is 330 g/mol. The third-order valence-corrected chi connectivity index (χ3v) is 12.1. The van der Waals surface area contributed by atoms with Gasteiger partial charge in [0.05, 0.1) is 0 Å². The van der Waals surface area contributed by atoms with Gasteiger partial charge in [-0.1, -0.05) is 0 Å². The summed E-state index contributed by atoms with van der Waals surface area (Å²) in [7, 11) is 5.00. The van der Waals surface area contributed by atoms with E-state index in [2.05, 4.69) is 69.1 Å². The van der Waals surface area contributed by atoms with Gasteiger partial charge in [0.2, 0.25) is 0 Å². The summed E-state index contributed by atoms with van der Waals surface area (Å²) in [5, 5.41) is 0. The molecule has 1 aromatic rings. The molecule has 0 spiro atoms. The first-order valence-electron chi connectivity index (χ1n) is 6.99. The number of benzene rings is 1. The molecule has 106 valence electrons. The van der Waals surface area contributed by atoms with Crippen LogP contribution in [0.1, 0.15) is 50.7 Å². The van der Waals surface area contributed by atoms with E-state index in [1.54, 1.807) is 0 Å². The van der Waals surface area contributed by atoms with Crippen LogP contribution in [0.5, 0.6) is 0 Å². The second-order valence-electron chi connectivity index (χ2n) is 6.69. The second-order valence-corrected chi connectivity index (χ2v) is 14.6. The number of anilines is 1. The van der Waals surface area contributed by atoms with E-state index >= 15 is 0 Å². The van der Waals surface area contributed by atoms with Crippen LogP contribution in [0.15, 0.2) is 18.2 Å². The monoisotopic (exact) mass is 357 g/mol. The van der Waals surface area contributed by atoms with Crippen molar-refractivity contribution in [3.63, 3.8) is 0 Å². The average Bonchev–Trinajstić information content (AvgIpc) is 2.27. The van der Waals surface area contributed by atoms with Crippen molar-refractivity contribution in [3.05, 3.63) is 29.3 Å². The molecule has 0 atom stereocenters. The summed E-state index contributed by atoms with van der Waals surface area (Å²) in [5.41, 5.74) is 4.36. The van der Waals surface area contributed by atoms with Crippen molar-refractivity contribution in [2.75, 3.05) is 3.52 Å². The van der Waals surface area contributed by atoms with Gasteiger partial charge in [0.1, 0.15) is 0 Å². The van der Waals surface area contributed by atoms with Gasteiger partial charge in [-0.05, 0) is 0 Å². The molecular formula is C15H26ClGeNSi. The molecule has 2 radical (unpaired) electrons. The van der Waals surface area contributed by atoms with Crippen LogP contribution in [0.3, 0.4) is 0 Å². The standard InChI is InChI=1S/C15H26ClGeNSi/c1-11(2)13-9-8-10-14(12(3)4)15(13)18(17-16)19(5,6)7/h8-12H,1-7H3. The molecule has 1 aromatic carbocycles. The summed E-state index contributed by atoms with van der Waals surface area (Å²) in [6.07, 6.45) is 0. The normalized spacial score (nSPS) is 12.3. The van der Waals surface area contributed by atoms with E-state index in [1.807, 2.05) is 0 Å². The van der Waals surface area contributed by atoms with E-state index < -0.39 is 23.0 Å². The summed E-state index contributed by atoms with van der Waals surface area (Å²) in [6, 6.07) is 6.75. The Hall–Kier alpha value is 0.0697. The molecule has 0 aromatic heterocycles. The summed E-state index contributed by atoms with van der Waals surface area (Å²) in [6.45, 7) is 16.3. The zero-order valence-electron chi connectivity index (χ0n) is 13.2. The van der Waals surface area contributed by atoms with Gasteiger partial charge in [0, 0.05) is 0 Å². The third kappa shape index (κ3) is 4.02. The van der Waals surface area contributed by atoms with E-state index in [0.717, 1.165) is 0 Å². The van der Waals surface area contributed by atoms with Crippen molar-refractivity contribution < 1.29 is 0 Å². The summed E-state index contributed by atoms with van der Waals surface area (Å²) < 4.78 is 2.58. The number of halogens is 1. The number of hydrogen-bond acceptors (Lipinski definition) is 1. The van der Waals surface area contributed by atoms with E-state index in [0.29, 0.717) is 11.8 Å². The first-order valence-corrected chi connectivity index (χ1v) is 14.1. The van der Waals surface area contributed by atoms with Crippen LogP contribution in [0.4, 0.5) is 5.69 Å². The molecule has 0 bridgehead atoms. The van der Waals surface area contributed by atoms with Crippen LogP contribution in [-0.4, -0.2) is 23.0 Å². The SMILES string of the molecule is CC(C)c1cccc(C(C)C)c1[N]([Ge][Cl])[Si](C)(C)C. The molecule has 1 nitrogen and oxygen atoms in total.